The molecule has 0 spiro atoms. The van der Waals surface area contributed by atoms with Gasteiger partial charge in [0.1, 0.15) is 0 Å². The maximum absolute atomic E-state index is 11.4. The van der Waals surface area contributed by atoms with E-state index in [0.29, 0.717) is 29.1 Å². The molecule has 9 heteroatoms. The van der Waals surface area contributed by atoms with Gasteiger partial charge in [-0.2, -0.15) is 4.98 Å². The van der Waals surface area contributed by atoms with Gasteiger partial charge in [0.25, 0.3) is 5.91 Å². The molecule has 0 unspecified atom stereocenters. The number of halogens is 2. The van der Waals surface area contributed by atoms with Crippen LogP contribution < -0.4 is 16.4 Å². The van der Waals surface area contributed by atoms with Gasteiger partial charge in [0.2, 0.25) is 5.95 Å². The van der Waals surface area contributed by atoms with Gasteiger partial charge >= 0.3 is 0 Å². The SMILES string of the molecule is CCNc1nnc(C(N)=O)c(NCc2ccc(Cl)cc2Cl)n1. The van der Waals surface area contributed by atoms with Crippen molar-refractivity contribution in [3.05, 3.63) is 39.5 Å². The number of hydrogen-bond donors (Lipinski definition) is 3. The van der Waals surface area contributed by atoms with Crippen LogP contribution in [0.5, 0.6) is 0 Å². The fraction of sp³-hybridized carbons (Fsp3) is 0.231. The Morgan fingerprint density at radius 2 is 2.05 bits per heavy atom. The quantitative estimate of drug-likeness (QED) is 0.745. The van der Waals surface area contributed by atoms with E-state index in [-0.39, 0.29) is 11.5 Å². The fourth-order valence-electron chi connectivity index (χ4n) is 1.69. The van der Waals surface area contributed by atoms with Crippen molar-refractivity contribution in [2.75, 3.05) is 17.2 Å². The number of primary amides is 1. The van der Waals surface area contributed by atoms with Gasteiger partial charge in [0, 0.05) is 23.1 Å². The number of carbonyl (C=O) groups excluding carboxylic acids is 1. The Balaban J connectivity index is 2.23. The molecular formula is C13H14Cl2N6O. The first-order valence-electron chi connectivity index (χ1n) is 6.47. The molecule has 0 bridgehead atoms. The van der Waals surface area contributed by atoms with E-state index in [1.54, 1.807) is 18.2 Å². The third-order valence-corrected chi connectivity index (χ3v) is 3.30. The lowest BCUT2D eigenvalue weighted by Crippen LogP contribution is -2.19. The predicted molar refractivity (Wildman–Crippen MR) is 86.3 cm³/mol. The summed E-state index contributed by atoms with van der Waals surface area (Å²) in [6.45, 7) is 2.85. The second-order valence-electron chi connectivity index (χ2n) is 4.32. The van der Waals surface area contributed by atoms with Gasteiger partial charge in [-0.1, -0.05) is 29.3 Å². The van der Waals surface area contributed by atoms with Gasteiger partial charge in [-0.3, -0.25) is 4.79 Å². The molecular weight excluding hydrogens is 327 g/mol. The molecule has 1 heterocycles. The van der Waals surface area contributed by atoms with Crippen LogP contribution >= 0.6 is 23.2 Å². The number of aromatic nitrogens is 3. The first kappa shape index (κ1) is 16.3. The van der Waals surface area contributed by atoms with Crippen LogP contribution in [0.2, 0.25) is 10.0 Å². The lowest BCUT2D eigenvalue weighted by atomic mass is 10.2. The third kappa shape index (κ3) is 3.96. The number of rotatable bonds is 6. The molecule has 4 N–H and O–H groups in total. The second-order valence-corrected chi connectivity index (χ2v) is 5.16. The first-order chi connectivity index (χ1) is 10.5. The third-order valence-electron chi connectivity index (χ3n) is 2.72. The number of anilines is 2. The zero-order valence-electron chi connectivity index (χ0n) is 11.7. The molecule has 2 rings (SSSR count). The Kier molecular flexibility index (Phi) is 5.35. The van der Waals surface area contributed by atoms with Gasteiger partial charge in [-0.05, 0) is 24.6 Å². The molecule has 0 saturated carbocycles. The van der Waals surface area contributed by atoms with Gasteiger partial charge < -0.3 is 16.4 Å². The van der Waals surface area contributed by atoms with E-state index in [9.17, 15) is 4.79 Å². The minimum atomic E-state index is -0.715. The summed E-state index contributed by atoms with van der Waals surface area (Å²) in [7, 11) is 0. The monoisotopic (exact) mass is 340 g/mol. The Morgan fingerprint density at radius 3 is 2.68 bits per heavy atom. The molecule has 7 nitrogen and oxygen atoms in total. The number of benzene rings is 1. The number of hydrogen-bond acceptors (Lipinski definition) is 6. The van der Waals surface area contributed by atoms with Crippen LogP contribution in [0.25, 0.3) is 0 Å². The molecule has 0 aliphatic heterocycles. The van der Waals surface area contributed by atoms with Gasteiger partial charge in [-0.15, -0.1) is 10.2 Å². The standard InChI is InChI=1S/C13H14Cl2N6O/c1-2-17-13-19-12(10(11(16)22)20-21-13)18-6-7-3-4-8(14)5-9(7)15/h3-5H,2,6H2,1H3,(H2,16,22)(H2,17,18,19,21). The number of carbonyl (C=O) groups is 1. The molecule has 0 aliphatic carbocycles. The predicted octanol–water partition coefficient (Wildman–Crippen LogP) is 2.32. The first-order valence-corrected chi connectivity index (χ1v) is 7.23. The van der Waals surface area contributed by atoms with Crippen molar-refractivity contribution in [3.63, 3.8) is 0 Å². The Labute approximate surface area is 137 Å². The van der Waals surface area contributed by atoms with E-state index >= 15 is 0 Å². The van der Waals surface area contributed by atoms with Crippen LogP contribution in [0.4, 0.5) is 11.8 Å². The van der Waals surface area contributed by atoms with E-state index in [4.69, 9.17) is 28.9 Å². The molecule has 22 heavy (non-hydrogen) atoms. The Hall–Kier alpha value is -2.12. The molecule has 1 aromatic heterocycles. The second kappa shape index (κ2) is 7.24. The Bertz CT molecular complexity index is 694. The molecule has 1 aromatic carbocycles. The molecule has 116 valence electrons. The Morgan fingerprint density at radius 1 is 1.27 bits per heavy atom. The highest BCUT2D eigenvalue weighted by Gasteiger charge is 2.14. The van der Waals surface area contributed by atoms with Crippen LogP contribution in [-0.4, -0.2) is 27.6 Å². The summed E-state index contributed by atoms with van der Waals surface area (Å²) < 4.78 is 0. The van der Waals surface area contributed by atoms with Crippen molar-refractivity contribution in [3.8, 4) is 0 Å². The maximum atomic E-state index is 11.4. The number of nitrogens with one attached hydrogen (secondary N) is 2. The van der Waals surface area contributed by atoms with Crippen LogP contribution in [0.1, 0.15) is 23.0 Å². The van der Waals surface area contributed by atoms with Crippen molar-refractivity contribution in [2.24, 2.45) is 5.73 Å². The number of nitrogens with zero attached hydrogens (tertiary/aromatic N) is 3. The molecule has 0 saturated heterocycles. The van der Waals surface area contributed by atoms with E-state index < -0.39 is 5.91 Å². The molecule has 2 aromatic rings. The summed E-state index contributed by atoms with van der Waals surface area (Å²) in [5.41, 5.74) is 6.03. The minimum absolute atomic E-state index is 0.0354. The van der Waals surface area contributed by atoms with Gasteiger partial charge in [0.05, 0.1) is 0 Å². The van der Waals surface area contributed by atoms with Crippen molar-refractivity contribution < 1.29 is 4.79 Å². The van der Waals surface area contributed by atoms with E-state index in [1.807, 2.05) is 6.92 Å². The van der Waals surface area contributed by atoms with Gasteiger partial charge in [0.15, 0.2) is 11.5 Å². The minimum Gasteiger partial charge on any atom is -0.364 e. The molecule has 0 aliphatic rings. The molecule has 0 radical (unpaired) electrons. The number of nitrogens with two attached hydrogens (primary N) is 1. The highest BCUT2D eigenvalue weighted by molar-refractivity contribution is 6.35. The van der Waals surface area contributed by atoms with Crippen molar-refractivity contribution >= 4 is 40.9 Å². The van der Waals surface area contributed by atoms with Crippen molar-refractivity contribution in [1.82, 2.24) is 15.2 Å². The smallest absolute Gasteiger partial charge is 0.273 e. The lowest BCUT2D eigenvalue weighted by Gasteiger charge is -2.11. The normalized spacial score (nSPS) is 10.3. The maximum Gasteiger partial charge on any atom is 0.273 e. The lowest BCUT2D eigenvalue weighted by molar-refractivity contribution is 0.0995. The molecule has 0 atom stereocenters. The summed E-state index contributed by atoms with van der Waals surface area (Å²) in [5.74, 6) is -0.172. The zero-order chi connectivity index (χ0) is 16.1. The van der Waals surface area contributed by atoms with Crippen LogP contribution in [0.3, 0.4) is 0 Å². The topological polar surface area (TPSA) is 106 Å². The van der Waals surface area contributed by atoms with Gasteiger partial charge in [-0.25, -0.2) is 0 Å². The average Bonchev–Trinajstić information content (AvgIpc) is 2.46. The fourth-order valence-corrected chi connectivity index (χ4v) is 2.17. The summed E-state index contributed by atoms with van der Waals surface area (Å²) in [6.07, 6.45) is 0. The van der Waals surface area contributed by atoms with E-state index in [0.717, 1.165) is 5.56 Å². The zero-order valence-corrected chi connectivity index (χ0v) is 13.2. The van der Waals surface area contributed by atoms with Crippen LogP contribution in [0, 0.1) is 0 Å². The van der Waals surface area contributed by atoms with Crippen molar-refractivity contribution in [1.29, 1.82) is 0 Å². The summed E-state index contributed by atoms with van der Waals surface area (Å²) >= 11 is 12.0. The van der Waals surface area contributed by atoms with E-state index in [1.165, 1.54) is 0 Å². The van der Waals surface area contributed by atoms with E-state index in [2.05, 4.69) is 25.8 Å². The van der Waals surface area contributed by atoms with Crippen LogP contribution in [0.15, 0.2) is 18.2 Å². The summed E-state index contributed by atoms with van der Waals surface area (Å²) in [6, 6.07) is 5.14. The molecule has 0 fully saturated rings. The number of amides is 1. The summed E-state index contributed by atoms with van der Waals surface area (Å²) in [4.78, 5) is 15.6. The highest BCUT2D eigenvalue weighted by atomic mass is 35.5. The average molecular weight is 341 g/mol. The molecule has 1 amide bonds. The highest BCUT2D eigenvalue weighted by Crippen LogP contribution is 2.22. The largest absolute Gasteiger partial charge is 0.364 e. The van der Waals surface area contributed by atoms with Crippen molar-refractivity contribution in [2.45, 2.75) is 13.5 Å². The summed E-state index contributed by atoms with van der Waals surface area (Å²) in [5, 5.41) is 14.5. The van der Waals surface area contributed by atoms with Crippen LogP contribution in [-0.2, 0) is 6.54 Å².